The number of aromatic nitrogens is 3. The van der Waals surface area contributed by atoms with Crippen LogP contribution in [0.25, 0.3) is 16.9 Å². The van der Waals surface area contributed by atoms with Gasteiger partial charge in [-0.2, -0.15) is 18.3 Å². The van der Waals surface area contributed by atoms with Gasteiger partial charge < -0.3 is 14.7 Å². The molecule has 13 heteroatoms. The largest absolute Gasteiger partial charge is 0.497 e. The second-order valence-electron chi connectivity index (χ2n) is 10.2. The SMILES string of the molecule is COc1ccc(-c2nc3c(C(=O)N4CCN(C(CO)c5ccc(F)cc5F)C[C@H]4C)cnn3c(C(F)(F)F)c2C)cc1. The third kappa shape index (κ3) is 5.29. The van der Waals surface area contributed by atoms with Gasteiger partial charge >= 0.3 is 6.18 Å². The van der Waals surface area contributed by atoms with E-state index in [-0.39, 0.29) is 47.7 Å². The van der Waals surface area contributed by atoms with Crippen LogP contribution in [0, 0.1) is 18.6 Å². The molecule has 0 bridgehead atoms. The maximum atomic E-state index is 14.5. The minimum absolute atomic E-state index is 0.0528. The molecule has 5 rings (SSSR count). The molecule has 1 saturated heterocycles. The lowest BCUT2D eigenvalue weighted by Gasteiger charge is -2.43. The van der Waals surface area contributed by atoms with E-state index in [2.05, 4.69) is 10.1 Å². The fourth-order valence-corrected chi connectivity index (χ4v) is 5.50. The molecule has 4 aromatic rings. The lowest BCUT2D eigenvalue weighted by atomic mass is 10.0. The van der Waals surface area contributed by atoms with E-state index in [1.807, 2.05) is 0 Å². The topological polar surface area (TPSA) is 83.2 Å². The Hall–Kier alpha value is -4.10. The Morgan fingerprint density at radius 1 is 1.14 bits per heavy atom. The zero-order valence-corrected chi connectivity index (χ0v) is 23.0. The van der Waals surface area contributed by atoms with E-state index in [9.17, 15) is 31.9 Å². The van der Waals surface area contributed by atoms with Gasteiger partial charge in [-0.1, -0.05) is 6.07 Å². The van der Waals surface area contributed by atoms with Crippen molar-refractivity contribution < 1.29 is 36.6 Å². The van der Waals surface area contributed by atoms with Crippen LogP contribution in [0.2, 0.25) is 0 Å². The average Bonchev–Trinajstić information content (AvgIpc) is 3.36. The molecule has 2 aromatic carbocycles. The highest BCUT2D eigenvalue weighted by atomic mass is 19.4. The van der Waals surface area contributed by atoms with Crippen LogP contribution in [-0.4, -0.2) is 74.8 Å². The predicted molar refractivity (Wildman–Crippen MR) is 143 cm³/mol. The molecule has 1 fully saturated rings. The number of piperazine rings is 1. The van der Waals surface area contributed by atoms with Gasteiger partial charge in [0, 0.05) is 48.4 Å². The number of carbonyl (C=O) groups excluding carboxylic acids is 1. The maximum absolute atomic E-state index is 14.5. The predicted octanol–water partition coefficient (Wildman–Crippen LogP) is 4.89. The number of nitrogens with zero attached hydrogens (tertiary/aromatic N) is 5. The number of alkyl halides is 3. The lowest BCUT2D eigenvalue weighted by Crippen LogP contribution is -2.55. The van der Waals surface area contributed by atoms with Gasteiger partial charge in [0.2, 0.25) is 0 Å². The van der Waals surface area contributed by atoms with Gasteiger partial charge in [0.05, 0.1) is 31.6 Å². The Morgan fingerprint density at radius 3 is 2.45 bits per heavy atom. The number of fused-ring (bicyclic) bond motifs is 1. The van der Waals surface area contributed by atoms with Crippen molar-refractivity contribution in [1.29, 1.82) is 0 Å². The molecule has 3 heterocycles. The van der Waals surface area contributed by atoms with E-state index < -0.39 is 48.1 Å². The molecule has 1 aliphatic rings. The first kappa shape index (κ1) is 29.4. The highest BCUT2D eigenvalue weighted by Gasteiger charge is 2.40. The summed E-state index contributed by atoms with van der Waals surface area (Å²) in [7, 11) is 1.47. The normalized spacial score (nSPS) is 17.1. The maximum Gasteiger partial charge on any atom is 0.433 e. The summed E-state index contributed by atoms with van der Waals surface area (Å²) in [5.41, 5.74) is -0.935. The van der Waals surface area contributed by atoms with E-state index in [1.165, 1.54) is 25.0 Å². The third-order valence-corrected chi connectivity index (χ3v) is 7.60. The van der Waals surface area contributed by atoms with Gasteiger partial charge in [-0.05, 0) is 44.2 Å². The number of ether oxygens (including phenoxy) is 1. The molecule has 0 saturated carbocycles. The van der Waals surface area contributed by atoms with Crippen molar-refractivity contribution in [3.8, 4) is 17.0 Å². The van der Waals surface area contributed by atoms with E-state index in [0.717, 1.165) is 18.3 Å². The number of aliphatic hydroxyl groups is 1. The molecule has 1 N–H and O–H groups in total. The summed E-state index contributed by atoms with van der Waals surface area (Å²) in [6.45, 7) is 3.21. The summed E-state index contributed by atoms with van der Waals surface area (Å²) in [5.74, 6) is -1.57. The average molecular weight is 590 g/mol. The minimum atomic E-state index is -4.79. The summed E-state index contributed by atoms with van der Waals surface area (Å²) < 4.78 is 76.6. The first-order valence-corrected chi connectivity index (χ1v) is 13.1. The second kappa shape index (κ2) is 11.3. The van der Waals surface area contributed by atoms with Crippen LogP contribution in [0.3, 0.4) is 0 Å². The Morgan fingerprint density at radius 2 is 1.86 bits per heavy atom. The molecule has 8 nitrogen and oxygen atoms in total. The Labute approximate surface area is 237 Å². The highest BCUT2D eigenvalue weighted by Crippen LogP contribution is 2.37. The summed E-state index contributed by atoms with van der Waals surface area (Å²) >= 11 is 0. The van der Waals surface area contributed by atoms with Crippen LogP contribution < -0.4 is 4.74 Å². The quantitative estimate of drug-likeness (QED) is 0.323. The number of benzene rings is 2. The molecule has 222 valence electrons. The van der Waals surface area contributed by atoms with Crippen LogP contribution in [0.5, 0.6) is 5.75 Å². The van der Waals surface area contributed by atoms with Crippen molar-refractivity contribution in [1.82, 2.24) is 24.4 Å². The standard InChI is InChI=1S/C29H28F5N5O3/c1-16-14-37(24(15-40)21-9-6-19(30)12-23(21)31)10-11-38(16)28(41)22-13-35-39-26(29(32,33)34)17(2)25(36-27(22)39)18-4-7-20(42-3)8-5-18/h4-9,12-13,16,24,40H,10-11,14-15H2,1-3H3/t16-,24?/m1/s1. The monoisotopic (exact) mass is 589 g/mol. The molecular weight excluding hydrogens is 561 g/mol. The fraction of sp³-hybridized carbons (Fsp3) is 0.345. The van der Waals surface area contributed by atoms with Crippen molar-refractivity contribution >= 4 is 11.6 Å². The van der Waals surface area contributed by atoms with Gasteiger partial charge in [0.1, 0.15) is 22.9 Å². The number of aliphatic hydroxyl groups excluding tert-OH is 1. The van der Waals surface area contributed by atoms with Crippen LogP contribution in [-0.2, 0) is 6.18 Å². The van der Waals surface area contributed by atoms with E-state index in [1.54, 1.807) is 36.1 Å². The minimum Gasteiger partial charge on any atom is -0.497 e. The van der Waals surface area contributed by atoms with Gasteiger partial charge in [-0.3, -0.25) is 9.69 Å². The number of rotatable bonds is 6. The summed E-state index contributed by atoms with van der Waals surface area (Å²) in [4.78, 5) is 21.5. The van der Waals surface area contributed by atoms with Crippen LogP contribution in [0.4, 0.5) is 22.0 Å². The molecule has 2 atom stereocenters. The highest BCUT2D eigenvalue weighted by molar-refractivity contribution is 6.00. The molecule has 0 radical (unpaired) electrons. The van der Waals surface area contributed by atoms with Crippen LogP contribution in [0.15, 0.2) is 48.7 Å². The Balaban J connectivity index is 1.48. The number of carbonyl (C=O) groups is 1. The van der Waals surface area contributed by atoms with E-state index >= 15 is 0 Å². The first-order valence-electron chi connectivity index (χ1n) is 13.1. The lowest BCUT2D eigenvalue weighted by molar-refractivity contribution is -0.143. The van der Waals surface area contributed by atoms with Crippen LogP contribution >= 0.6 is 0 Å². The van der Waals surface area contributed by atoms with Gasteiger partial charge in [-0.15, -0.1) is 0 Å². The van der Waals surface area contributed by atoms with Crippen molar-refractivity contribution in [2.45, 2.75) is 32.1 Å². The summed E-state index contributed by atoms with van der Waals surface area (Å²) in [6, 6.07) is 8.29. The molecule has 42 heavy (non-hydrogen) atoms. The first-order chi connectivity index (χ1) is 19.9. The summed E-state index contributed by atoms with van der Waals surface area (Å²) in [5, 5.41) is 13.9. The zero-order chi connectivity index (χ0) is 30.3. The van der Waals surface area contributed by atoms with Crippen molar-refractivity contribution in [3.05, 3.63) is 82.7 Å². The molecule has 1 unspecified atom stereocenters. The number of hydrogen-bond donors (Lipinski definition) is 1. The number of methoxy groups -OCH3 is 1. The fourth-order valence-electron chi connectivity index (χ4n) is 5.50. The molecule has 0 spiro atoms. The molecule has 2 aromatic heterocycles. The number of halogens is 5. The van der Waals surface area contributed by atoms with Crippen LogP contribution in [0.1, 0.15) is 40.1 Å². The Kier molecular flexibility index (Phi) is 7.90. The van der Waals surface area contributed by atoms with E-state index in [0.29, 0.717) is 15.8 Å². The number of amides is 1. The molecule has 0 aliphatic carbocycles. The number of hydrogen-bond acceptors (Lipinski definition) is 6. The molecule has 1 amide bonds. The smallest absolute Gasteiger partial charge is 0.433 e. The van der Waals surface area contributed by atoms with Gasteiger partial charge in [0.15, 0.2) is 11.3 Å². The van der Waals surface area contributed by atoms with E-state index in [4.69, 9.17) is 4.74 Å². The van der Waals surface area contributed by atoms with Crippen molar-refractivity contribution in [2.24, 2.45) is 0 Å². The van der Waals surface area contributed by atoms with Gasteiger partial charge in [-0.25, -0.2) is 18.3 Å². The second-order valence-corrected chi connectivity index (χ2v) is 10.2. The third-order valence-electron chi connectivity index (χ3n) is 7.60. The Bertz CT molecular complexity index is 1620. The van der Waals surface area contributed by atoms with Gasteiger partial charge in [0.25, 0.3) is 5.91 Å². The summed E-state index contributed by atoms with van der Waals surface area (Å²) in [6.07, 6.45) is -3.70. The zero-order valence-electron chi connectivity index (χ0n) is 23.0. The molecule has 1 aliphatic heterocycles. The van der Waals surface area contributed by atoms with Crippen molar-refractivity contribution in [3.63, 3.8) is 0 Å². The van der Waals surface area contributed by atoms with Crippen molar-refractivity contribution in [2.75, 3.05) is 33.4 Å². The molecular formula is C29H28F5N5O3.